The molecule has 0 bridgehead atoms. The van der Waals surface area contributed by atoms with Crippen molar-refractivity contribution in [3.8, 4) is 5.75 Å². The van der Waals surface area contributed by atoms with Crippen molar-refractivity contribution in [2.45, 2.75) is 26.3 Å². The summed E-state index contributed by atoms with van der Waals surface area (Å²) in [7, 11) is 0. The molecule has 1 aromatic carbocycles. The zero-order valence-electron chi connectivity index (χ0n) is 10.6. The number of carboxylic acid groups (broad SMARTS) is 1. The van der Waals surface area contributed by atoms with Crippen LogP contribution < -0.4 is 4.74 Å². The van der Waals surface area contributed by atoms with Crippen molar-refractivity contribution in [1.82, 2.24) is 4.57 Å². The van der Waals surface area contributed by atoms with Gasteiger partial charge in [0, 0.05) is 17.6 Å². The highest BCUT2D eigenvalue weighted by Gasteiger charge is 2.13. The number of hydrogen-bond acceptors (Lipinski definition) is 2. The van der Waals surface area contributed by atoms with E-state index in [1.165, 1.54) is 0 Å². The fourth-order valence-electron chi connectivity index (χ4n) is 2.18. The van der Waals surface area contributed by atoms with Gasteiger partial charge >= 0.3 is 5.97 Å². The summed E-state index contributed by atoms with van der Waals surface area (Å²) in [6, 6.07) is 7.74. The van der Waals surface area contributed by atoms with Gasteiger partial charge in [-0.15, -0.1) is 0 Å². The monoisotopic (exact) mass is 247 g/mol. The van der Waals surface area contributed by atoms with Crippen LogP contribution in [-0.4, -0.2) is 22.2 Å². The molecule has 18 heavy (non-hydrogen) atoms. The van der Waals surface area contributed by atoms with E-state index in [1.807, 2.05) is 48.9 Å². The summed E-state index contributed by atoms with van der Waals surface area (Å²) in [6.45, 7) is 4.47. The third kappa shape index (κ3) is 2.32. The van der Waals surface area contributed by atoms with E-state index in [2.05, 4.69) is 0 Å². The second-order valence-corrected chi connectivity index (χ2v) is 4.29. The first-order valence-electron chi connectivity index (χ1n) is 6.07. The molecule has 0 saturated carbocycles. The minimum Gasteiger partial charge on any atom is -0.493 e. The van der Waals surface area contributed by atoms with Gasteiger partial charge in [-0.25, -0.2) is 0 Å². The molecule has 0 aliphatic heterocycles. The fourth-order valence-corrected chi connectivity index (χ4v) is 2.18. The van der Waals surface area contributed by atoms with Gasteiger partial charge in [0.05, 0.1) is 18.5 Å². The van der Waals surface area contributed by atoms with Crippen LogP contribution in [0.15, 0.2) is 30.5 Å². The van der Waals surface area contributed by atoms with Crippen LogP contribution in [0.2, 0.25) is 0 Å². The van der Waals surface area contributed by atoms with E-state index in [9.17, 15) is 4.79 Å². The quantitative estimate of drug-likeness (QED) is 0.883. The Labute approximate surface area is 106 Å². The Morgan fingerprint density at radius 3 is 2.89 bits per heavy atom. The Bertz CT molecular complexity index is 559. The molecule has 0 aliphatic carbocycles. The van der Waals surface area contributed by atoms with Crippen molar-refractivity contribution in [1.29, 1.82) is 0 Å². The summed E-state index contributed by atoms with van der Waals surface area (Å²) in [4.78, 5) is 10.8. The molecule has 0 saturated heterocycles. The Morgan fingerprint density at radius 2 is 2.22 bits per heavy atom. The lowest BCUT2D eigenvalue weighted by atomic mass is 10.2. The number of aliphatic carboxylic acids is 1. The van der Waals surface area contributed by atoms with Crippen molar-refractivity contribution < 1.29 is 14.6 Å². The Balaban J connectivity index is 2.41. The Hall–Kier alpha value is -1.97. The summed E-state index contributed by atoms with van der Waals surface area (Å²) < 4.78 is 7.54. The van der Waals surface area contributed by atoms with Gasteiger partial charge in [0.15, 0.2) is 0 Å². The topological polar surface area (TPSA) is 51.5 Å². The number of fused-ring (bicyclic) bond motifs is 1. The number of ether oxygens (including phenoxy) is 1. The highest BCUT2D eigenvalue weighted by Crippen LogP contribution is 2.29. The lowest BCUT2D eigenvalue weighted by Gasteiger charge is -2.13. The lowest BCUT2D eigenvalue weighted by Crippen LogP contribution is -2.09. The second kappa shape index (κ2) is 5.12. The normalized spacial score (nSPS) is 12.6. The van der Waals surface area contributed by atoms with Crippen LogP contribution in [0.25, 0.3) is 10.9 Å². The van der Waals surface area contributed by atoms with Crippen molar-refractivity contribution in [2.24, 2.45) is 0 Å². The molecule has 1 heterocycles. The average Bonchev–Trinajstić information content (AvgIpc) is 2.73. The summed E-state index contributed by atoms with van der Waals surface area (Å²) in [6.07, 6.45) is 2.03. The SMILES string of the molecule is CCOc1cccc2c1ccn2C(C)CC(=O)O. The van der Waals surface area contributed by atoms with Crippen LogP contribution in [-0.2, 0) is 4.79 Å². The zero-order valence-corrected chi connectivity index (χ0v) is 10.6. The molecular weight excluding hydrogens is 230 g/mol. The molecular formula is C14H17NO3. The molecule has 1 atom stereocenters. The van der Waals surface area contributed by atoms with Gasteiger partial charge in [0.2, 0.25) is 0 Å². The summed E-state index contributed by atoms with van der Waals surface area (Å²) in [5.74, 6) is 0.0570. The molecule has 96 valence electrons. The third-order valence-electron chi connectivity index (χ3n) is 2.97. The molecule has 4 nitrogen and oxygen atoms in total. The minimum atomic E-state index is -0.787. The molecule has 0 fully saturated rings. The summed E-state index contributed by atoms with van der Waals surface area (Å²) in [5.41, 5.74) is 1.01. The van der Waals surface area contributed by atoms with Gasteiger partial charge < -0.3 is 14.4 Å². The Kier molecular flexibility index (Phi) is 3.55. The van der Waals surface area contributed by atoms with Crippen LogP contribution in [0.4, 0.5) is 0 Å². The molecule has 1 unspecified atom stereocenters. The summed E-state index contributed by atoms with van der Waals surface area (Å²) >= 11 is 0. The first-order valence-corrected chi connectivity index (χ1v) is 6.07. The van der Waals surface area contributed by atoms with Gasteiger partial charge in [0.25, 0.3) is 0 Å². The maximum atomic E-state index is 10.8. The average molecular weight is 247 g/mol. The van der Waals surface area contributed by atoms with E-state index < -0.39 is 5.97 Å². The largest absolute Gasteiger partial charge is 0.493 e. The first kappa shape index (κ1) is 12.5. The number of benzene rings is 1. The van der Waals surface area contributed by atoms with Crippen molar-refractivity contribution in [3.05, 3.63) is 30.5 Å². The lowest BCUT2D eigenvalue weighted by molar-refractivity contribution is -0.137. The van der Waals surface area contributed by atoms with Gasteiger partial charge in [-0.1, -0.05) is 6.07 Å². The van der Waals surface area contributed by atoms with Gasteiger partial charge in [-0.2, -0.15) is 0 Å². The van der Waals surface area contributed by atoms with Crippen LogP contribution in [0.3, 0.4) is 0 Å². The van der Waals surface area contributed by atoms with Gasteiger partial charge in [0.1, 0.15) is 5.75 Å². The zero-order chi connectivity index (χ0) is 13.1. The van der Waals surface area contributed by atoms with E-state index in [0.29, 0.717) is 6.61 Å². The molecule has 2 rings (SSSR count). The molecule has 0 spiro atoms. The fraction of sp³-hybridized carbons (Fsp3) is 0.357. The number of nitrogens with zero attached hydrogens (tertiary/aromatic N) is 1. The number of hydrogen-bond donors (Lipinski definition) is 1. The maximum absolute atomic E-state index is 10.8. The number of rotatable bonds is 5. The maximum Gasteiger partial charge on any atom is 0.305 e. The summed E-state index contributed by atoms with van der Waals surface area (Å²) in [5, 5.41) is 9.88. The number of carboxylic acids is 1. The standard InChI is InChI=1S/C14H17NO3/c1-3-18-13-6-4-5-12-11(13)7-8-15(12)10(2)9-14(16)17/h4-8,10H,3,9H2,1-2H3,(H,16,17). The number of carbonyl (C=O) groups is 1. The van der Waals surface area contributed by atoms with E-state index in [-0.39, 0.29) is 12.5 Å². The van der Waals surface area contributed by atoms with E-state index in [1.54, 1.807) is 0 Å². The van der Waals surface area contributed by atoms with Crippen molar-refractivity contribution in [2.75, 3.05) is 6.61 Å². The highest BCUT2D eigenvalue weighted by atomic mass is 16.5. The molecule has 4 heteroatoms. The van der Waals surface area contributed by atoms with Crippen LogP contribution in [0.5, 0.6) is 5.75 Å². The minimum absolute atomic E-state index is 0.0723. The van der Waals surface area contributed by atoms with Crippen LogP contribution >= 0.6 is 0 Å². The predicted molar refractivity (Wildman–Crippen MR) is 70.1 cm³/mol. The molecule has 0 radical (unpaired) electrons. The second-order valence-electron chi connectivity index (χ2n) is 4.29. The van der Waals surface area contributed by atoms with Crippen LogP contribution in [0.1, 0.15) is 26.3 Å². The van der Waals surface area contributed by atoms with Gasteiger partial charge in [-0.05, 0) is 32.0 Å². The van der Waals surface area contributed by atoms with Gasteiger partial charge in [-0.3, -0.25) is 4.79 Å². The molecule has 1 aromatic heterocycles. The van der Waals surface area contributed by atoms with E-state index >= 15 is 0 Å². The third-order valence-corrected chi connectivity index (χ3v) is 2.97. The molecule has 2 aromatic rings. The predicted octanol–water partition coefficient (Wildman–Crippen LogP) is 3.08. The first-order chi connectivity index (χ1) is 8.63. The van der Waals surface area contributed by atoms with E-state index in [0.717, 1.165) is 16.7 Å². The number of aromatic nitrogens is 1. The molecule has 1 N–H and O–H groups in total. The van der Waals surface area contributed by atoms with Crippen LogP contribution in [0, 0.1) is 0 Å². The van der Waals surface area contributed by atoms with Crippen molar-refractivity contribution in [3.63, 3.8) is 0 Å². The van der Waals surface area contributed by atoms with E-state index in [4.69, 9.17) is 9.84 Å². The Morgan fingerprint density at radius 1 is 1.44 bits per heavy atom. The smallest absolute Gasteiger partial charge is 0.305 e. The molecule has 0 aliphatic rings. The highest BCUT2D eigenvalue weighted by molar-refractivity contribution is 5.86. The molecule has 0 amide bonds. The van der Waals surface area contributed by atoms with Crippen molar-refractivity contribution >= 4 is 16.9 Å².